The Labute approximate surface area is 69.2 Å². The zero-order valence-electron chi connectivity index (χ0n) is 7.64. The fourth-order valence-corrected chi connectivity index (χ4v) is 1.87. The van der Waals surface area contributed by atoms with Crippen molar-refractivity contribution in [2.24, 2.45) is 0 Å². The summed E-state index contributed by atoms with van der Waals surface area (Å²) in [7, 11) is 2.16. The molecule has 0 bridgehead atoms. The molecular formula is C9H19NO. The summed E-state index contributed by atoms with van der Waals surface area (Å²) in [4.78, 5) is 2.38. The Hall–Kier alpha value is -0.0800. The van der Waals surface area contributed by atoms with Crippen LogP contribution in [0.15, 0.2) is 0 Å². The summed E-state index contributed by atoms with van der Waals surface area (Å²) < 4.78 is 0. The van der Waals surface area contributed by atoms with Crippen LogP contribution in [0.2, 0.25) is 0 Å². The molecule has 2 heteroatoms. The van der Waals surface area contributed by atoms with Crippen molar-refractivity contribution >= 4 is 0 Å². The van der Waals surface area contributed by atoms with Gasteiger partial charge < -0.3 is 10.0 Å². The van der Waals surface area contributed by atoms with Gasteiger partial charge in [0.25, 0.3) is 0 Å². The van der Waals surface area contributed by atoms with Crippen LogP contribution < -0.4 is 0 Å². The monoisotopic (exact) mass is 157 g/mol. The Morgan fingerprint density at radius 2 is 2.18 bits per heavy atom. The first kappa shape index (κ1) is 9.01. The molecule has 1 saturated heterocycles. The highest BCUT2D eigenvalue weighted by atomic mass is 16.3. The molecule has 1 aliphatic rings. The highest BCUT2D eigenvalue weighted by Crippen LogP contribution is 2.28. The third kappa shape index (κ3) is 1.94. The smallest absolute Gasteiger partial charge is 0.0448 e. The van der Waals surface area contributed by atoms with Crippen LogP contribution in [0.3, 0.4) is 0 Å². The maximum absolute atomic E-state index is 8.87. The third-order valence-electron chi connectivity index (χ3n) is 3.03. The van der Waals surface area contributed by atoms with Crippen LogP contribution in [0, 0.1) is 0 Å². The van der Waals surface area contributed by atoms with E-state index in [4.69, 9.17) is 5.11 Å². The van der Waals surface area contributed by atoms with Crippen LogP contribution in [-0.2, 0) is 0 Å². The zero-order chi connectivity index (χ0) is 8.32. The third-order valence-corrected chi connectivity index (χ3v) is 3.03. The summed E-state index contributed by atoms with van der Waals surface area (Å²) in [6, 6.07) is 0. The second-order valence-corrected chi connectivity index (χ2v) is 3.85. The van der Waals surface area contributed by atoms with Gasteiger partial charge in [-0.25, -0.2) is 0 Å². The first-order valence-electron chi connectivity index (χ1n) is 4.51. The van der Waals surface area contributed by atoms with Gasteiger partial charge in [0.1, 0.15) is 0 Å². The van der Waals surface area contributed by atoms with Crippen molar-refractivity contribution in [2.75, 3.05) is 20.2 Å². The maximum atomic E-state index is 8.87. The van der Waals surface area contributed by atoms with Crippen molar-refractivity contribution in [1.29, 1.82) is 0 Å². The van der Waals surface area contributed by atoms with Crippen molar-refractivity contribution < 1.29 is 5.11 Å². The van der Waals surface area contributed by atoms with Gasteiger partial charge in [-0.3, -0.25) is 0 Å². The summed E-state index contributed by atoms with van der Waals surface area (Å²) in [5, 5.41) is 8.87. The molecule has 2 nitrogen and oxygen atoms in total. The van der Waals surface area contributed by atoms with E-state index in [-0.39, 0.29) is 5.54 Å². The van der Waals surface area contributed by atoms with Crippen LogP contribution in [-0.4, -0.2) is 35.7 Å². The van der Waals surface area contributed by atoms with Gasteiger partial charge in [-0.15, -0.1) is 0 Å². The molecule has 11 heavy (non-hydrogen) atoms. The maximum Gasteiger partial charge on any atom is 0.0448 e. The van der Waals surface area contributed by atoms with Gasteiger partial charge in [0.15, 0.2) is 0 Å². The molecule has 1 fully saturated rings. The Bertz CT molecular complexity index is 123. The van der Waals surface area contributed by atoms with Gasteiger partial charge in [-0.1, -0.05) is 6.42 Å². The fraction of sp³-hybridized carbons (Fsp3) is 1.00. The Morgan fingerprint density at radius 1 is 1.45 bits per heavy atom. The van der Waals surface area contributed by atoms with Crippen molar-refractivity contribution in [2.45, 2.75) is 38.1 Å². The highest BCUT2D eigenvalue weighted by Gasteiger charge is 2.30. The molecule has 0 radical (unpaired) electrons. The van der Waals surface area contributed by atoms with Gasteiger partial charge in [-0.05, 0) is 39.8 Å². The van der Waals surface area contributed by atoms with Gasteiger partial charge in [0.05, 0.1) is 0 Å². The van der Waals surface area contributed by atoms with Crippen molar-refractivity contribution in [1.82, 2.24) is 4.90 Å². The van der Waals surface area contributed by atoms with Crippen LogP contribution in [0.4, 0.5) is 0 Å². The lowest BCUT2D eigenvalue weighted by Crippen LogP contribution is -2.47. The van der Waals surface area contributed by atoms with Crippen LogP contribution in [0.5, 0.6) is 0 Å². The van der Waals surface area contributed by atoms with E-state index in [0.29, 0.717) is 6.61 Å². The van der Waals surface area contributed by atoms with Gasteiger partial charge >= 0.3 is 0 Å². The quantitative estimate of drug-likeness (QED) is 0.652. The lowest BCUT2D eigenvalue weighted by atomic mass is 9.86. The number of hydrogen-bond donors (Lipinski definition) is 1. The van der Waals surface area contributed by atoms with E-state index in [1.165, 1.54) is 25.8 Å². The average Bonchev–Trinajstić information content (AvgIpc) is 1.96. The molecule has 0 aromatic carbocycles. The summed E-state index contributed by atoms with van der Waals surface area (Å²) >= 11 is 0. The lowest BCUT2D eigenvalue weighted by Gasteiger charge is -2.42. The van der Waals surface area contributed by atoms with Gasteiger partial charge in [-0.2, -0.15) is 0 Å². The Morgan fingerprint density at radius 3 is 2.73 bits per heavy atom. The molecule has 1 aliphatic heterocycles. The SMILES string of the molecule is CN1CCCCC1(C)CCO. The first-order chi connectivity index (χ1) is 5.19. The minimum absolute atomic E-state index is 0.271. The molecule has 1 atom stereocenters. The van der Waals surface area contributed by atoms with Crippen molar-refractivity contribution in [3.05, 3.63) is 0 Å². The van der Waals surface area contributed by atoms with Crippen LogP contribution >= 0.6 is 0 Å². The molecule has 1 rings (SSSR count). The molecule has 0 aliphatic carbocycles. The van der Waals surface area contributed by atoms with E-state index >= 15 is 0 Å². The van der Waals surface area contributed by atoms with E-state index in [1.54, 1.807) is 0 Å². The van der Waals surface area contributed by atoms with E-state index in [0.717, 1.165) is 6.42 Å². The summed E-state index contributed by atoms with van der Waals surface area (Å²) in [5.41, 5.74) is 0.271. The minimum Gasteiger partial charge on any atom is -0.396 e. The molecule has 1 N–H and O–H groups in total. The van der Waals surface area contributed by atoms with Crippen LogP contribution in [0.1, 0.15) is 32.6 Å². The highest BCUT2D eigenvalue weighted by molar-refractivity contribution is 4.87. The van der Waals surface area contributed by atoms with Crippen molar-refractivity contribution in [3.8, 4) is 0 Å². The predicted molar refractivity (Wildman–Crippen MR) is 46.6 cm³/mol. The van der Waals surface area contributed by atoms with Gasteiger partial charge in [0, 0.05) is 12.1 Å². The number of hydrogen-bond acceptors (Lipinski definition) is 2. The molecule has 1 unspecified atom stereocenters. The van der Waals surface area contributed by atoms with E-state index in [9.17, 15) is 0 Å². The summed E-state index contributed by atoms with van der Waals surface area (Å²) in [6.07, 6.45) is 4.80. The predicted octanol–water partition coefficient (Wildman–Crippen LogP) is 1.24. The zero-order valence-corrected chi connectivity index (χ0v) is 7.64. The average molecular weight is 157 g/mol. The van der Waals surface area contributed by atoms with Crippen LogP contribution in [0.25, 0.3) is 0 Å². The number of likely N-dealkylation sites (tertiary alicyclic amines) is 1. The second-order valence-electron chi connectivity index (χ2n) is 3.85. The number of aliphatic hydroxyl groups is 1. The summed E-state index contributed by atoms with van der Waals surface area (Å²) in [6.45, 7) is 3.76. The summed E-state index contributed by atoms with van der Waals surface area (Å²) in [5.74, 6) is 0. The minimum atomic E-state index is 0.271. The van der Waals surface area contributed by atoms with E-state index < -0.39 is 0 Å². The molecule has 0 spiro atoms. The molecule has 0 saturated carbocycles. The number of piperidine rings is 1. The van der Waals surface area contributed by atoms with Crippen molar-refractivity contribution in [3.63, 3.8) is 0 Å². The largest absolute Gasteiger partial charge is 0.396 e. The Balaban J connectivity index is 2.49. The van der Waals surface area contributed by atoms with E-state index in [2.05, 4.69) is 18.9 Å². The Kier molecular flexibility index (Phi) is 2.90. The lowest BCUT2D eigenvalue weighted by molar-refractivity contribution is 0.0631. The number of nitrogens with zero attached hydrogens (tertiary/aromatic N) is 1. The molecule has 0 aromatic heterocycles. The molecular weight excluding hydrogens is 138 g/mol. The number of rotatable bonds is 2. The topological polar surface area (TPSA) is 23.5 Å². The molecule has 1 heterocycles. The molecule has 0 amide bonds. The first-order valence-corrected chi connectivity index (χ1v) is 4.51. The number of aliphatic hydroxyl groups excluding tert-OH is 1. The fourth-order valence-electron chi connectivity index (χ4n) is 1.87. The second kappa shape index (κ2) is 3.55. The molecule has 0 aromatic rings. The van der Waals surface area contributed by atoms with Gasteiger partial charge in [0.2, 0.25) is 0 Å². The van der Waals surface area contributed by atoms with E-state index in [1.807, 2.05) is 0 Å². The molecule has 66 valence electrons. The normalized spacial score (nSPS) is 34.1. The standard InChI is InChI=1S/C9H19NO/c1-9(6-8-11)5-3-4-7-10(9)2/h11H,3-8H2,1-2H3.